The normalized spacial score (nSPS) is 10.4. The number of hydrogen-bond acceptors (Lipinski definition) is 4. The van der Waals surface area contributed by atoms with E-state index in [1.807, 2.05) is 18.2 Å². The van der Waals surface area contributed by atoms with Crippen molar-refractivity contribution in [1.29, 1.82) is 0 Å². The number of nitrogens with zero attached hydrogens (tertiary/aromatic N) is 1. The topological polar surface area (TPSA) is 81.5 Å². The fourth-order valence-corrected chi connectivity index (χ4v) is 2.15. The molecule has 6 heteroatoms. The van der Waals surface area contributed by atoms with Gasteiger partial charge in [0.2, 0.25) is 0 Å². The zero-order chi connectivity index (χ0) is 17.0. The summed E-state index contributed by atoms with van der Waals surface area (Å²) in [6.07, 6.45) is 0. The molecule has 0 atom stereocenters. The van der Waals surface area contributed by atoms with Crippen molar-refractivity contribution in [2.24, 2.45) is 0 Å². The molecule has 2 aromatic rings. The highest BCUT2D eigenvalue weighted by Gasteiger charge is 2.18. The number of benzene rings is 2. The first-order chi connectivity index (χ1) is 10.9. The number of carbonyl (C=O) groups is 1. The van der Waals surface area contributed by atoms with Crippen LogP contribution in [0.4, 0.5) is 11.4 Å². The van der Waals surface area contributed by atoms with Crippen LogP contribution in [0.25, 0.3) is 0 Å². The maximum Gasteiger partial charge on any atom is 0.311 e. The zero-order valence-electron chi connectivity index (χ0n) is 13.2. The summed E-state index contributed by atoms with van der Waals surface area (Å²) in [5.41, 5.74) is 1.71. The van der Waals surface area contributed by atoms with Crippen LogP contribution in [0.1, 0.15) is 35.7 Å². The molecule has 2 rings (SSSR count). The Hall–Kier alpha value is -2.89. The van der Waals surface area contributed by atoms with E-state index in [-0.39, 0.29) is 17.0 Å². The van der Waals surface area contributed by atoms with Crippen LogP contribution in [0.15, 0.2) is 42.5 Å². The number of carbonyl (C=O) groups excluding carboxylic acids is 1. The summed E-state index contributed by atoms with van der Waals surface area (Å²) in [5, 5.41) is 13.8. The summed E-state index contributed by atoms with van der Waals surface area (Å²) in [6.45, 7) is 4.13. The number of methoxy groups -OCH3 is 1. The van der Waals surface area contributed by atoms with E-state index >= 15 is 0 Å². The molecular formula is C17H18N2O4. The molecule has 0 bridgehead atoms. The molecule has 1 amide bonds. The van der Waals surface area contributed by atoms with Crippen LogP contribution in [-0.2, 0) is 0 Å². The van der Waals surface area contributed by atoms with Crippen LogP contribution in [0.5, 0.6) is 5.75 Å². The molecule has 6 nitrogen and oxygen atoms in total. The molecule has 0 aliphatic rings. The van der Waals surface area contributed by atoms with Crippen LogP contribution in [0.2, 0.25) is 0 Å². The Kier molecular flexibility index (Phi) is 4.95. The number of amides is 1. The fourth-order valence-electron chi connectivity index (χ4n) is 2.15. The third-order valence-electron chi connectivity index (χ3n) is 3.45. The number of nitro benzene ring substituents is 1. The van der Waals surface area contributed by atoms with E-state index in [4.69, 9.17) is 4.74 Å². The maximum atomic E-state index is 12.3. The molecule has 0 aliphatic carbocycles. The summed E-state index contributed by atoms with van der Waals surface area (Å²) < 4.78 is 4.93. The second kappa shape index (κ2) is 6.91. The highest BCUT2D eigenvalue weighted by molar-refractivity contribution is 6.04. The molecule has 0 fully saturated rings. The summed E-state index contributed by atoms with van der Waals surface area (Å²) >= 11 is 0. The number of rotatable bonds is 5. The summed E-state index contributed by atoms with van der Waals surface area (Å²) in [5.74, 6) is 0.0546. The number of nitro groups is 1. The van der Waals surface area contributed by atoms with E-state index in [1.54, 1.807) is 6.07 Å². The van der Waals surface area contributed by atoms with Gasteiger partial charge in [0, 0.05) is 17.3 Å². The standard InChI is InChI=1S/C17H18N2O4/c1-11(2)12-5-4-6-14(9-12)18-17(20)13-7-8-16(23-3)15(10-13)19(21)22/h4-11H,1-3H3,(H,18,20). The monoisotopic (exact) mass is 314 g/mol. The van der Waals surface area contributed by atoms with Crippen molar-refractivity contribution < 1.29 is 14.5 Å². The second-order valence-electron chi connectivity index (χ2n) is 5.38. The van der Waals surface area contributed by atoms with Gasteiger partial charge in [0.15, 0.2) is 5.75 Å². The van der Waals surface area contributed by atoms with E-state index in [0.29, 0.717) is 11.6 Å². The molecule has 0 unspecified atom stereocenters. The van der Waals surface area contributed by atoms with E-state index in [0.717, 1.165) is 5.56 Å². The Morgan fingerprint density at radius 3 is 2.57 bits per heavy atom. The summed E-state index contributed by atoms with van der Waals surface area (Å²) in [4.78, 5) is 22.7. The van der Waals surface area contributed by atoms with Gasteiger partial charge in [0.25, 0.3) is 5.91 Å². The van der Waals surface area contributed by atoms with Crippen molar-refractivity contribution in [1.82, 2.24) is 0 Å². The first-order valence-electron chi connectivity index (χ1n) is 7.16. The Balaban J connectivity index is 2.26. The van der Waals surface area contributed by atoms with E-state index in [2.05, 4.69) is 19.2 Å². The Morgan fingerprint density at radius 2 is 1.96 bits per heavy atom. The second-order valence-corrected chi connectivity index (χ2v) is 5.38. The molecular weight excluding hydrogens is 296 g/mol. The minimum absolute atomic E-state index is 0.119. The Labute approximate surface area is 134 Å². The van der Waals surface area contributed by atoms with Crippen LogP contribution in [0, 0.1) is 10.1 Å². The van der Waals surface area contributed by atoms with Crippen molar-refractivity contribution >= 4 is 17.3 Å². The molecule has 0 aliphatic heterocycles. The zero-order valence-corrected chi connectivity index (χ0v) is 13.2. The lowest BCUT2D eigenvalue weighted by Gasteiger charge is -2.10. The smallest absolute Gasteiger partial charge is 0.311 e. The number of anilines is 1. The predicted molar refractivity (Wildman–Crippen MR) is 88.1 cm³/mol. The lowest BCUT2D eigenvalue weighted by molar-refractivity contribution is -0.385. The van der Waals surface area contributed by atoms with Crippen molar-refractivity contribution in [3.63, 3.8) is 0 Å². The fraction of sp³-hybridized carbons (Fsp3) is 0.235. The lowest BCUT2D eigenvalue weighted by Crippen LogP contribution is -2.12. The van der Waals surface area contributed by atoms with Gasteiger partial charge in [-0.3, -0.25) is 14.9 Å². The Morgan fingerprint density at radius 1 is 1.22 bits per heavy atom. The molecule has 0 heterocycles. The first kappa shape index (κ1) is 16.5. The highest BCUT2D eigenvalue weighted by atomic mass is 16.6. The third-order valence-corrected chi connectivity index (χ3v) is 3.45. The molecule has 120 valence electrons. The van der Waals surface area contributed by atoms with Gasteiger partial charge in [-0.1, -0.05) is 26.0 Å². The molecule has 0 spiro atoms. The van der Waals surface area contributed by atoms with E-state index in [9.17, 15) is 14.9 Å². The number of nitrogens with one attached hydrogen (secondary N) is 1. The van der Waals surface area contributed by atoms with Crippen LogP contribution < -0.4 is 10.1 Å². The van der Waals surface area contributed by atoms with E-state index < -0.39 is 10.8 Å². The van der Waals surface area contributed by atoms with Crippen LogP contribution in [-0.4, -0.2) is 17.9 Å². The van der Waals surface area contributed by atoms with Gasteiger partial charge in [-0.2, -0.15) is 0 Å². The van der Waals surface area contributed by atoms with Gasteiger partial charge in [0.1, 0.15) is 0 Å². The van der Waals surface area contributed by atoms with Gasteiger partial charge in [-0.05, 0) is 35.7 Å². The molecule has 23 heavy (non-hydrogen) atoms. The molecule has 0 saturated carbocycles. The van der Waals surface area contributed by atoms with Crippen LogP contribution in [0.3, 0.4) is 0 Å². The molecule has 1 N–H and O–H groups in total. The number of ether oxygens (including phenoxy) is 1. The SMILES string of the molecule is COc1ccc(C(=O)Nc2cccc(C(C)C)c2)cc1[N+](=O)[O-]. The predicted octanol–water partition coefficient (Wildman–Crippen LogP) is 3.98. The minimum atomic E-state index is -0.574. The summed E-state index contributed by atoms with van der Waals surface area (Å²) in [6, 6.07) is 11.6. The van der Waals surface area contributed by atoms with Crippen molar-refractivity contribution in [3.05, 3.63) is 63.7 Å². The van der Waals surface area contributed by atoms with Gasteiger partial charge in [-0.15, -0.1) is 0 Å². The van der Waals surface area contributed by atoms with Crippen LogP contribution >= 0.6 is 0 Å². The van der Waals surface area contributed by atoms with Crippen molar-refractivity contribution in [2.45, 2.75) is 19.8 Å². The van der Waals surface area contributed by atoms with Gasteiger partial charge in [-0.25, -0.2) is 0 Å². The van der Waals surface area contributed by atoms with Gasteiger partial charge in [0.05, 0.1) is 12.0 Å². The Bertz CT molecular complexity index is 741. The lowest BCUT2D eigenvalue weighted by atomic mass is 10.0. The minimum Gasteiger partial charge on any atom is -0.490 e. The van der Waals surface area contributed by atoms with E-state index in [1.165, 1.54) is 25.3 Å². The average molecular weight is 314 g/mol. The molecule has 2 aromatic carbocycles. The van der Waals surface area contributed by atoms with Gasteiger partial charge < -0.3 is 10.1 Å². The highest BCUT2D eigenvalue weighted by Crippen LogP contribution is 2.28. The molecule has 0 radical (unpaired) electrons. The quantitative estimate of drug-likeness (QED) is 0.668. The first-order valence-corrected chi connectivity index (χ1v) is 7.16. The van der Waals surface area contributed by atoms with Crippen molar-refractivity contribution in [2.75, 3.05) is 12.4 Å². The summed E-state index contributed by atoms with van der Waals surface area (Å²) in [7, 11) is 1.35. The largest absolute Gasteiger partial charge is 0.490 e. The average Bonchev–Trinajstić information content (AvgIpc) is 2.54. The molecule has 0 aromatic heterocycles. The number of hydrogen-bond donors (Lipinski definition) is 1. The maximum absolute atomic E-state index is 12.3. The molecule has 0 saturated heterocycles. The van der Waals surface area contributed by atoms with Gasteiger partial charge >= 0.3 is 5.69 Å². The third kappa shape index (κ3) is 3.85. The van der Waals surface area contributed by atoms with Crippen molar-refractivity contribution in [3.8, 4) is 5.75 Å².